The molecule has 0 rings (SSSR count). The van der Waals surface area contributed by atoms with Gasteiger partial charge in [0.25, 0.3) is 0 Å². The molecule has 0 heterocycles. The highest BCUT2D eigenvalue weighted by atomic mass is 28.2. The first-order chi connectivity index (χ1) is 5.70. The minimum atomic E-state index is 0.0559. The maximum absolute atomic E-state index is 5.49. The second-order valence-corrected chi connectivity index (χ2v) is 3.59. The Morgan fingerprint density at radius 2 is 1.50 bits per heavy atom. The minimum absolute atomic E-state index is 0.0559. The molecule has 0 saturated carbocycles. The van der Waals surface area contributed by atoms with Crippen LogP contribution in [0.4, 0.5) is 0 Å². The standard InChI is InChI=1S/C10H21OSi/c1-5-9(6-2)10(7-3,8-4)11-12/h9H,5-8H2,1-4H3. The van der Waals surface area contributed by atoms with Gasteiger partial charge in [-0.1, -0.05) is 40.5 Å². The smallest absolute Gasteiger partial charge is 0.247 e. The fraction of sp³-hybridized carbons (Fsp3) is 1.00. The Morgan fingerprint density at radius 3 is 1.58 bits per heavy atom. The van der Waals surface area contributed by atoms with Gasteiger partial charge < -0.3 is 4.43 Å². The fourth-order valence-electron chi connectivity index (χ4n) is 2.09. The molecule has 0 aliphatic rings. The van der Waals surface area contributed by atoms with Gasteiger partial charge in [0, 0.05) is 0 Å². The molecule has 71 valence electrons. The third kappa shape index (κ3) is 2.33. The number of rotatable bonds is 6. The van der Waals surface area contributed by atoms with Gasteiger partial charge >= 0.3 is 0 Å². The van der Waals surface area contributed by atoms with Crippen LogP contribution >= 0.6 is 0 Å². The van der Waals surface area contributed by atoms with Crippen LogP contribution in [0.3, 0.4) is 0 Å². The van der Waals surface area contributed by atoms with Gasteiger partial charge in [0.15, 0.2) is 0 Å². The van der Waals surface area contributed by atoms with Crippen LogP contribution in [0.5, 0.6) is 0 Å². The lowest BCUT2D eigenvalue weighted by Gasteiger charge is -2.38. The van der Waals surface area contributed by atoms with Crippen molar-refractivity contribution in [1.29, 1.82) is 0 Å². The van der Waals surface area contributed by atoms with Crippen molar-refractivity contribution in [2.45, 2.75) is 59.0 Å². The van der Waals surface area contributed by atoms with Gasteiger partial charge in [-0.2, -0.15) is 0 Å². The first kappa shape index (κ1) is 12.2. The zero-order valence-electron chi connectivity index (χ0n) is 8.81. The summed E-state index contributed by atoms with van der Waals surface area (Å²) in [5.41, 5.74) is 0.0559. The van der Waals surface area contributed by atoms with Crippen molar-refractivity contribution in [2.24, 2.45) is 5.92 Å². The average Bonchev–Trinajstić information content (AvgIpc) is 2.14. The van der Waals surface area contributed by atoms with Crippen LogP contribution in [0.25, 0.3) is 0 Å². The predicted octanol–water partition coefficient (Wildman–Crippen LogP) is 3.08. The SMILES string of the molecule is CCC(CC)C(CC)(CC)O[Si]. The molecule has 0 spiro atoms. The first-order valence-electron chi connectivity index (χ1n) is 5.05. The quantitative estimate of drug-likeness (QED) is 0.578. The Morgan fingerprint density at radius 1 is 1.08 bits per heavy atom. The second-order valence-electron chi connectivity index (χ2n) is 3.39. The Kier molecular flexibility index (Phi) is 5.84. The fourth-order valence-corrected chi connectivity index (χ4v) is 2.54. The molecule has 1 nitrogen and oxygen atoms in total. The Hall–Kier alpha value is 0.177. The van der Waals surface area contributed by atoms with Crippen LogP contribution in [0.2, 0.25) is 0 Å². The molecule has 0 atom stereocenters. The van der Waals surface area contributed by atoms with Crippen molar-refractivity contribution < 1.29 is 4.43 Å². The van der Waals surface area contributed by atoms with E-state index in [1.165, 1.54) is 12.8 Å². The summed E-state index contributed by atoms with van der Waals surface area (Å²) in [6, 6.07) is 0. The summed E-state index contributed by atoms with van der Waals surface area (Å²) in [5, 5.41) is 0. The molecule has 0 saturated heterocycles. The Bertz CT molecular complexity index is 98.1. The van der Waals surface area contributed by atoms with E-state index in [9.17, 15) is 0 Å². The summed E-state index contributed by atoms with van der Waals surface area (Å²) in [7, 11) is 3.22. The van der Waals surface area contributed by atoms with E-state index >= 15 is 0 Å². The Labute approximate surface area is 80.4 Å². The second kappa shape index (κ2) is 5.76. The van der Waals surface area contributed by atoms with E-state index in [1.807, 2.05) is 0 Å². The molecule has 3 radical (unpaired) electrons. The van der Waals surface area contributed by atoms with Crippen LogP contribution in [-0.4, -0.2) is 16.1 Å². The van der Waals surface area contributed by atoms with Crippen molar-refractivity contribution in [3.63, 3.8) is 0 Å². The topological polar surface area (TPSA) is 9.23 Å². The zero-order chi connectivity index (χ0) is 9.61. The third-order valence-electron chi connectivity index (χ3n) is 3.13. The van der Waals surface area contributed by atoms with Crippen LogP contribution in [-0.2, 0) is 4.43 Å². The molecule has 0 amide bonds. The lowest BCUT2D eigenvalue weighted by Crippen LogP contribution is -2.38. The van der Waals surface area contributed by atoms with Gasteiger partial charge in [0.1, 0.15) is 0 Å². The van der Waals surface area contributed by atoms with Gasteiger partial charge in [0.05, 0.1) is 5.60 Å². The molecule has 0 unspecified atom stereocenters. The van der Waals surface area contributed by atoms with Crippen molar-refractivity contribution in [2.75, 3.05) is 0 Å². The van der Waals surface area contributed by atoms with Crippen molar-refractivity contribution in [3.8, 4) is 0 Å². The maximum Gasteiger partial charge on any atom is 0.247 e. The van der Waals surface area contributed by atoms with Gasteiger partial charge in [-0.25, -0.2) is 0 Å². The highest BCUT2D eigenvalue weighted by Crippen LogP contribution is 2.33. The van der Waals surface area contributed by atoms with E-state index in [1.54, 1.807) is 0 Å². The minimum Gasteiger partial charge on any atom is -0.413 e. The molecule has 0 fully saturated rings. The van der Waals surface area contributed by atoms with Gasteiger partial charge in [0.2, 0.25) is 10.5 Å². The summed E-state index contributed by atoms with van der Waals surface area (Å²) in [4.78, 5) is 0. The highest BCUT2D eigenvalue weighted by molar-refractivity contribution is 5.98. The molecule has 0 aromatic rings. The number of hydrogen-bond donors (Lipinski definition) is 0. The molecule has 0 aromatic heterocycles. The molecule has 0 bridgehead atoms. The van der Waals surface area contributed by atoms with Gasteiger partial charge in [-0.15, -0.1) is 0 Å². The first-order valence-corrected chi connectivity index (χ1v) is 5.46. The third-order valence-corrected chi connectivity index (χ3v) is 3.54. The molecule has 0 aromatic carbocycles. The molecule has 0 aliphatic heterocycles. The van der Waals surface area contributed by atoms with E-state index in [0.717, 1.165) is 12.8 Å². The molecule has 12 heavy (non-hydrogen) atoms. The van der Waals surface area contributed by atoms with Crippen LogP contribution in [0.15, 0.2) is 0 Å². The largest absolute Gasteiger partial charge is 0.413 e. The van der Waals surface area contributed by atoms with Crippen LogP contribution in [0.1, 0.15) is 53.4 Å². The number of hydrogen-bond acceptors (Lipinski definition) is 1. The summed E-state index contributed by atoms with van der Waals surface area (Å²) < 4.78 is 5.49. The lowest BCUT2D eigenvalue weighted by molar-refractivity contribution is 0.00360. The Balaban J connectivity index is 4.42. The molecule has 0 aliphatic carbocycles. The lowest BCUT2D eigenvalue weighted by atomic mass is 9.80. The van der Waals surface area contributed by atoms with Crippen LogP contribution < -0.4 is 0 Å². The maximum atomic E-state index is 5.49. The van der Waals surface area contributed by atoms with E-state index in [2.05, 4.69) is 38.2 Å². The average molecular weight is 185 g/mol. The van der Waals surface area contributed by atoms with E-state index in [-0.39, 0.29) is 5.60 Å². The predicted molar refractivity (Wildman–Crippen MR) is 54.2 cm³/mol. The summed E-state index contributed by atoms with van der Waals surface area (Å²) >= 11 is 0. The van der Waals surface area contributed by atoms with Crippen molar-refractivity contribution in [1.82, 2.24) is 0 Å². The van der Waals surface area contributed by atoms with E-state index < -0.39 is 0 Å². The molecular formula is C10H21OSi. The normalized spacial score (nSPS) is 12.5. The van der Waals surface area contributed by atoms with Crippen LogP contribution in [0, 0.1) is 5.92 Å². The van der Waals surface area contributed by atoms with E-state index in [0.29, 0.717) is 5.92 Å². The highest BCUT2D eigenvalue weighted by Gasteiger charge is 2.32. The zero-order valence-corrected chi connectivity index (χ0v) is 9.81. The molecular weight excluding hydrogens is 164 g/mol. The summed E-state index contributed by atoms with van der Waals surface area (Å²) in [6.07, 6.45) is 4.56. The monoisotopic (exact) mass is 185 g/mol. The van der Waals surface area contributed by atoms with E-state index in [4.69, 9.17) is 4.43 Å². The van der Waals surface area contributed by atoms with Gasteiger partial charge in [-0.05, 0) is 18.8 Å². The van der Waals surface area contributed by atoms with Crippen molar-refractivity contribution in [3.05, 3.63) is 0 Å². The molecule has 0 N–H and O–H groups in total. The van der Waals surface area contributed by atoms with Gasteiger partial charge in [-0.3, -0.25) is 0 Å². The summed E-state index contributed by atoms with van der Waals surface area (Å²) in [6.45, 7) is 8.86. The molecule has 2 heteroatoms. The van der Waals surface area contributed by atoms with Crippen molar-refractivity contribution >= 4 is 10.5 Å². The summed E-state index contributed by atoms with van der Waals surface area (Å²) in [5.74, 6) is 0.671.